The summed E-state index contributed by atoms with van der Waals surface area (Å²) in [5, 5.41) is 3.79. The summed E-state index contributed by atoms with van der Waals surface area (Å²) in [4.78, 5) is 6.50. The van der Waals surface area contributed by atoms with Gasteiger partial charge >= 0.3 is 0 Å². The van der Waals surface area contributed by atoms with Crippen molar-refractivity contribution >= 4 is 0 Å². The van der Waals surface area contributed by atoms with Crippen molar-refractivity contribution in [2.45, 2.75) is 33.1 Å². The van der Waals surface area contributed by atoms with Crippen molar-refractivity contribution in [3.63, 3.8) is 0 Å². The first kappa shape index (κ1) is 11.2. The highest BCUT2D eigenvalue weighted by molar-refractivity contribution is 4.90. The van der Waals surface area contributed by atoms with Gasteiger partial charge in [0, 0.05) is 5.92 Å². The van der Waals surface area contributed by atoms with Gasteiger partial charge in [0.1, 0.15) is 0 Å². The van der Waals surface area contributed by atoms with Crippen LogP contribution in [0.2, 0.25) is 0 Å². The molecule has 0 aliphatic carbocycles. The Morgan fingerprint density at radius 1 is 1.50 bits per heavy atom. The standard InChI is InChI=1S/C10H19N3O/c1-5-13(4)7-6-8(2)10-11-9(3)12-14-10/h8H,5-7H2,1-4H3. The van der Waals surface area contributed by atoms with Crippen LogP contribution in [0.1, 0.15) is 37.9 Å². The second-order valence-electron chi connectivity index (χ2n) is 3.77. The molecule has 4 heteroatoms. The number of aryl methyl sites for hydroxylation is 1. The van der Waals surface area contributed by atoms with Gasteiger partial charge in [0.15, 0.2) is 5.82 Å². The van der Waals surface area contributed by atoms with Crippen LogP contribution < -0.4 is 0 Å². The fraction of sp³-hybridized carbons (Fsp3) is 0.800. The molecule has 1 aromatic rings. The molecule has 4 nitrogen and oxygen atoms in total. The van der Waals surface area contributed by atoms with Crippen molar-refractivity contribution in [1.82, 2.24) is 15.0 Å². The van der Waals surface area contributed by atoms with Crippen LogP contribution in [0.5, 0.6) is 0 Å². The first-order valence-electron chi connectivity index (χ1n) is 5.12. The molecule has 0 bridgehead atoms. The highest BCUT2D eigenvalue weighted by Crippen LogP contribution is 2.16. The number of hydrogen-bond acceptors (Lipinski definition) is 4. The third kappa shape index (κ3) is 3.10. The lowest BCUT2D eigenvalue weighted by Gasteiger charge is -2.15. The molecule has 80 valence electrons. The maximum Gasteiger partial charge on any atom is 0.229 e. The Kier molecular flexibility index (Phi) is 4.07. The molecular weight excluding hydrogens is 178 g/mol. The Bertz CT molecular complexity index is 272. The van der Waals surface area contributed by atoms with Crippen LogP contribution in [0.15, 0.2) is 4.52 Å². The molecule has 0 amide bonds. The van der Waals surface area contributed by atoms with Crippen LogP contribution in [0.25, 0.3) is 0 Å². The molecule has 0 spiro atoms. The van der Waals surface area contributed by atoms with E-state index < -0.39 is 0 Å². The second-order valence-corrected chi connectivity index (χ2v) is 3.77. The molecule has 0 fully saturated rings. The average molecular weight is 197 g/mol. The molecule has 0 saturated heterocycles. The Labute approximate surface area is 85.3 Å². The molecule has 0 N–H and O–H groups in total. The monoisotopic (exact) mass is 197 g/mol. The SMILES string of the molecule is CCN(C)CCC(C)c1nc(C)no1. The normalized spacial score (nSPS) is 13.5. The molecule has 0 aromatic carbocycles. The highest BCUT2D eigenvalue weighted by Gasteiger charge is 2.12. The lowest BCUT2D eigenvalue weighted by Crippen LogP contribution is -2.20. The van der Waals surface area contributed by atoms with Crippen LogP contribution in [0.4, 0.5) is 0 Å². The van der Waals surface area contributed by atoms with Crippen molar-refractivity contribution in [1.29, 1.82) is 0 Å². The van der Waals surface area contributed by atoms with Crippen LogP contribution in [-0.2, 0) is 0 Å². The summed E-state index contributed by atoms with van der Waals surface area (Å²) in [6.45, 7) is 8.27. The summed E-state index contributed by atoms with van der Waals surface area (Å²) in [6.07, 6.45) is 1.06. The zero-order valence-corrected chi connectivity index (χ0v) is 9.45. The van der Waals surface area contributed by atoms with Gasteiger partial charge in [-0.2, -0.15) is 4.98 Å². The highest BCUT2D eigenvalue weighted by atomic mass is 16.5. The van der Waals surface area contributed by atoms with Crippen LogP contribution in [-0.4, -0.2) is 35.2 Å². The third-order valence-corrected chi connectivity index (χ3v) is 2.45. The summed E-state index contributed by atoms with van der Waals surface area (Å²) >= 11 is 0. The fourth-order valence-corrected chi connectivity index (χ4v) is 1.21. The molecule has 0 radical (unpaired) electrons. The number of rotatable bonds is 5. The maximum absolute atomic E-state index is 5.11. The summed E-state index contributed by atoms with van der Waals surface area (Å²) in [5.74, 6) is 1.83. The van der Waals surface area contributed by atoms with Crippen LogP contribution in [0.3, 0.4) is 0 Å². The molecule has 0 aliphatic heterocycles. The minimum atomic E-state index is 0.352. The number of nitrogens with zero attached hydrogens (tertiary/aromatic N) is 3. The van der Waals surface area contributed by atoms with Gasteiger partial charge in [-0.1, -0.05) is 19.0 Å². The Morgan fingerprint density at radius 2 is 2.21 bits per heavy atom. The molecular formula is C10H19N3O. The summed E-state index contributed by atoms with van der Waals surface area (Å²) in [5.41, 5.74) is 0. The minimum absolute atomic E-state index is 0.352. The van der Waals surface area contributed by atoms with E-state index in [0.717, 1.165) is 31.2 Å². The lowest BCUT2D eigenvalue weighted by molar-refractivity contribution is 0.307. The zero-order valence-electron chi connectivity index (χ0n) is 9.45. The minimum Gasteiger partial charge on any atom is -0.339 e. The molecule has 1 rings (SSSR count). The largest absolute Gasteiger partial charge is 0.339 e. The van der Waals surface area contributed by atoms with Crippen LogP contribution >= 0.6 is 0 Å². The van der Waals surface area contributed by atoms with Crippen molar-refractivity contribution < 1.29 is 4.52 Å². The van der Waals surface area contributed by atoms with Crippen LogP contribution in [0, 0.1) is 6.92 Å². The Morgan fingerprint density at radius 3 is 2.71 bits per heavy atom. The number of aromatic nitrogens is 2. The molecule has 1 aromatic heterocycles. The lowest BCUT2D eigenvalue weighted by atomic mass is 10.1. The van der Waals surface area contributed by atoms with E-state index >= 15 is 0 Å². The topological polar surface area (TPSA) is 42.2 Å². The Balaban J connectivity index is 2.39. The predicted molar refractivity (Wildman–Crippen MR) is 55.2 cm³/mol. The Hall–Kier alpha value is -0.900. The summed E-state index contributed by atoms with van der Waals surface area (Å²) in [7, 11) is 2.12. The van der Waals surface area contributed by atoms with E-state index in [9.17, 15) is 0 Å². The van der Waals surface area contributed by atoms with E-state index in [-0.39, 0.29) is 0 Å². The van der Waals surface area contributed by atoms with Gasteiger partial charge in [0.25, 0.3) is 0 Å². The third-order valence-electron chi connectivity index (χ3n) is 2.45. The molecule has 1 atom stereocenters. The van der Waals surface area contributed by atoms with Crippen molar-refractivity contribution in [2.24, 2.45) is 0 Å². The van der Waals surface area contributed by atoms with E-state index in [2.05, 4.69) is 35.9 Å². The van der Waals surface area contributed by atoms with Gasteiger partial charge in [-0.3, -0.25) is 0 Å². The van der Waals surface area contributed by atoms with E-state index in [4.69, 9.17) is 4.52 Å². The second kappa shape index (κ2) is 5.10. The first-order valence-corrected chi connectivity index (χ1v) is 5.12. The van der Waals surface area contributed by atoms with Gasteiger partial charge in [-0.05, 0) is 33.5 Å². The predicted octanol–water partition coefficient (Wildman–Crippen LogP) is 1.82. The van der Waals surface area contributed by atoms with Crippen molar-refractivity contribution in [2.75, 3.05) is 20.1 Å². The first-order chi connectivity index (χ1) is 6.63. The molecule has 14 heavy (non-hydrogen) atoms. The summed E-state index contributed by atoms with van der Waals surface area (Å²) < 4.78 is 5.11. The summed E-state index contributed by atoms with van der Waals surface area (Å²) in [6, 6.07) is 0. The van der Waals surface area contributed by atoms with Gasteiger partial charge in [-0.25, -0.2) is 0 Å². The molecule has 1 heterocycles. The van der Waals surface area contributed by atoms with Crippen molar-refractivity contribution in [3.05, 3.63) is 11.7 Å². The number of hydrogen-bond donors (Lipinski definition) is 0. The van der Waals surface area contributed by atoms with Gasteiger partial charge in [0.2, 0.25) is 5.89 Å². The van der Waals surface area contributed by atoms with Gasteiger partial charge in [0.05, 0.1) is 0 Å². The zero-order chi connectivity index (χ0) is 10.6. The fourth-order valence-electron chi connectivity index (χ4n) is 1.21. The quantitative estimate of drug-likeness (QED) is 0.722. The van der Waals surface area contributed by atoms with E-state index in [1.165, 1.54) is 0 Å². The molecule has 0 aliphatic rings. The van der Waals surface area contributed by atoms with E-state index in [0.29, 0.717) is 5.92 Å². The smallest absolute Gasteiger partial charge is 0.229 e. The molecule has 0 saturated carbocycles. The van der Waals surface area contributed by atoms with Crippen molar-refractivity contribution in [3.8, 4) is 0 Å². The van der Waals surface area contributed by atoms with Gasteiger partial charge in [-0.15, -0.1) is 0 Å². The maximum atomic E-state index is 5.11. The van der Waals surface area contributed by atoms with E-state index in [1.54, 1.807) is 0 Å². The van der Waals surface area contributed by atoms with Gasteiger partial charge < -0.3 is 9.42 Å². The molecule has 1 unspecified atom stereocenters. The average Bonchev–Trinajstić information content (AvgIpc) is 2.60. The van der Waals surface area contributed by atoms with E-state index in [1.807, 2.05) is 6.92 Å².